The van der Waals surface area contributed by atoms with Gasteiger partial charge in [-0.1, -0.05) is 0 Å². The number of alkyl halides is 3. The summed E-state index contributed by atoms with van der Waals surface area (Å²) in [5.41, 5.74) is 1.29. The van der Waals surface area contributed by atoms with Crippen LogP contribution in [0, 0.1) is 11.8 Å². The van der Waals surface area contributed by atoms with E-state index in [4.69, 9.17) is 0 Å². The van der Waals surface area contributed by atoms with Crippen LogP contribution in [0.5, 0.6) is 5.88 Å². The molecule has 3 atom stereocenters. The van der Waals surface area contributed by atoms with Crippen LogP contribution in [-0.4, -0.2) is 55.7 Å². The molecular formula is C24H27F3N8O3S. The first kappa shape index (κ1) is 25.6. The normalized spacial score (nSPS) is 21.9. The van der Waals surface area contributed by atoms with Crippen LogP contribution in [0.2, 0.25) is 0 Å². The molecule has 0 saturated heterocycles. The molecule has 3 aliphatic rings. The van der Waals surface area contributed by atoms with Gasteiger partial charge >= 0.3 is 6.61 Å². The zero-order chi connectivity index (χ0) is 27.3. The van der Waals surface area contributed by atoms with Crippen molar-refractivity contribution in [3.63, 3.8) is 0 Å². The lowest BCUT2D eigenvalue weighted by Crippen LogP contribution is -2.29. The number of amides is 2. The van der Waals surface area contributed by atoms with Gasteiger partial charge in [-0.05, 0) is 50.0 Å². The summed E-state index contributed by atoms with van der Waals surface area (Å²) < 4.78 is 46.3. The molecule has 2 amide bonds. The Labute approximate surface area is 225 Å². The number of fused-ring (bicyclic) bond motifs is 1. The van der Waals surface area contributed by atoms with Gasteiger partial charge in [0, 0.05) is 30.6 Å². The Balaban J connectivity index is 1.24. The molecule has 3 aromatic heterocycles. The van der Waals surface area contributed by atoms with Crippen LogP contribution in [0.1, 0.15) is 52.5 Å². The van der Waals surface area contributed by atoms with E-state index in [1.54, 1.807) is 13.4 Å². The minimum absolute atomic E-state index is 0.119. The number of rotatable bonds is 10. The largest absolute Gasteiger partial charge is 0.415 e. The molecule has 3 aromatic rings. The van der Waals surface area contributed by atoms with Gasteiger partial charge in [-0.3, -0.25) is 14.2 Å². The van der Waals surface area contributed by atoms with Gasteiger partial charge in [-0.25, -0.2) is 9.07 Å². The summed E-state index contributed by atoms with van der Waals surface area (Å²) in [7, 11) is 1.58. The molecule has 6 rings (SSSR count). The summed E-state index contributed by atoms with van der Waals surface area (Å²) in [5.74, 6) is -0.300. The maximum Gasteiger partial charge on any atom is 0.388 e. The molecule has 0 radical (unpaired) electrons. The first-order valence-corrected chi connectivity index (χ1v) is 13.6. The average molecular weight is 565 g/mol. The number of ether oxygens (including phenoxy) is 1. The second-order valence-electron chi connectivity index (χ2n) is 10.2. The number of carbonyl (C=O) groups is 2. The van der Waals surface area contributed by atoms with Gasteiger partial charge < -0.3 is 20.7 Å². The van der Waals surface area contributed by atoms with Crippen molar-refractivity contribution in [1.82, 2.24) is 29.9 Å². The van der Waals surface area contributed by atoms with E-state index in [1.807, 2.05) is 4.57 Å². The summed E-state index contributed by atoms with van der Waals surface area (Å²) in [4.78, 5) is 26.9. The highest BCUT2D eigenvalue weighted by Gasteiger charge is 2.44. The second kappa shape index (κ2) is 10.2. The lowest BCUT2D eigenvalue weighted by Gasteiger charge is -2.25. The van der Waals surface area contributed by atoms with E-state index in [2.05, 4.69) is 36.0 Å². The molecule has 3 aliphatic carbocycles. The number of halogens is 3. The molecule has 3 heterocycles. The maximum absolute atomic E-state index is 13.5. The van der Waals surface area contributed by atoms with E-state index >= 15 is 0 Å². The number of nitrogens with one attached hydrogen (secondary N) is 3. The SMILES string of the molecule is Cn1nc(OC(F)F)cc1Nc1nncn1C1CCc2sc(NC(=O)[C@@H]3C[C@@H]3F)c(C(=O)NCC3CC3)c2C1. The molecular weight excluding hydrogens is 537 g/mol. The Bertz CT molecular complexity index is 1400. The first-order valence-electron chi connectivity index (χ1n) is 12.8. The van der Waals surface area contributed by atoms with E-state index in [-0.39, 0.29) is 24.2 Å². The number of aryl methyl sites for hydroxylation is 2. The van der Waals surface area contributed by atoms with E-state index in [0.717, 1.165) is 29.7 Å². The quantitative estimate of drug-likeness (QED) is 0.343. The minimum atomic E-state index is -2.99. The summed E-state index contributed by atoms with van der Waals surface area (Å²) >= 11 is 1.37. The third-order valence-electron chi connectivity index (χ3n) is 7.27. The van der Waals surface area contributed by atoms with Crippen molar-refractivity contribution in [2.45, 2.75) is 57.3 Å². The monoisotopic (exact) mass is 564 g/mol. The molecule has 39 heavy (non-hydrogen) atoms. The van der Waals surface area contributed by atoms with E-state index in [0.29, 0.717) is 47.6 Å². The molecule has 0 spiro atoms. The zero-order valence-corrected chi connectivity index (χ0v) is 21.8. The fourth-order valence-corrected chi connectivity index (χ4v) is 6.08. The number of carbonyl (C=O) groups excluding carboxylic acids is 2. The van der Waals surface area contributed by atoms with Crippen LogP contribution >= 0.6 is 11.3 Å². The number of hydrogen-bond donors (Lipinski definition) is 3. The first-order chi connectivity index (χ1) is 18.8. The number of thiophene rings is 1. The van der Waals surface area contributed by atoms with Gasteiger partial charge in [0.05, 0.1) is 11.5 Å². The smallest absolute Gasteiger partial charge is 0.388 e. The maximum atomic E-state index is 13.5. The van der Waals surface area contributed by atoms with Crippen molar-refractivity contribution in [3.8, 4) is 5.88 Å². The molecule has 208 valence electrons. The van der Waals surface area contributed by atoms with Crippen LogP contribution in [0.3, 0.4) is 0 Å². The predicted molar refractivity (Wildman–Crippen MR) is 135 cm³/mol. The van der Waals surface area contributed by atoms with Gasteiger partial charge in [-0.2, -0.15) is 8.78 Å². The van der Waals surface area contributed by atoms with Crippen molar-refractivity contribution in [2.24, 2.45) is 18.9 Å². The highest BCUT2D eigenvalue weighted by Crippen LogP contribution is 2.43. The summed E-state index contributed by atoms with van der Waals surface area (Å²) in [6, 6.07) is 1.22. The Morgan fingerprint density at radius 2 is 2.08 bits per heavy atom. The highest BCUT2D eigenvalue weighted by molar-refractivity contribution is 7.17. The van der Waals surface area contributed by atoms with Gasteiger partial charge in [0.1, 0.15) is 23.3 Å². The lowest BCUT2D eigenvalue weighted by molar-refractivity contribution is -0.117. The molecule has 3 N–H and O–H groups in total. The zero-order valence-electron chi connectivity index (χ0n) is 21.0. The molecule has 15 heteroatoms. The van der Waals surface area contributed by atoms with Crippen LogP contribution in [0.15, 0.2) is 12.4 Å². The van der Waals surface area contributed by atoms with Crippen molar-refractivity contribution < 1.29 is 27.5 Å². The van der Waals surface area contributed by atoms with Gasteiger partial charge in [0.25, 0.3) is 5.91 Å². The second-order valence-corrected chi connectivity index (χ2v) is 11.3. The number of nitrogens with zero attached hydrogens (tertiary/aromatic N) is 5. The number of anilines is 3. The fraction of sp³-hybridized carbons (Fsp3) is 0.542. The van der Waals surface area contributed by atoms with Crippen molar-refractivity contribution in [1.29, 1.82) is 0 Å². The average Bonchev–Trinajstić information content (AvgIpc) is 3.73. The standard InChI is InChI=1S/C24H27F3N8O3S/c1-34-17(8-18(33-34)38-23(26)27)30-24-32-29-10-35(24)12-4-5-16-14(6-12)19(21(37)28-9-11-2-3-11)22(39-16)31-20(36)13-7-15(13)25/h8,10-13,15,23H,2-7,9H2,1H3,(H,28,37)(H,30,32)(H,31,36)/t12?,13-,15+/m1/s1. The Hall–Kier alpha value is -3.62. The lowest BCUT2D eigenvalue weighted by atomic mass is 9.91. The third kappa shape index (κ3) is 5.44. The highest BCUT2D eigenvalue weighted by atomic mass is 32.1. The van der Waals surface area contributed by atoms with Crippen molar-refractivity contribution in [3.05, 3.63) is 28.4 Å². The molecule has 2 fully saturated rings. The summed E-state index contributed by atoms with van der Waals surface area (Å²) in [5, 5.41) is 21.4. The summed E-state index contributed by atoms with van der Waals surface area (Å²) in [6.07, 6.45) is 4.69. The van der Waals surface area contributed by atoms with Crippen LogP contribution in [0.25, 0.3) is 0 Å². The minimum Gasteiger partial charge on any atom is -0.415 e. The summed E-state index contributed by atoms with van der Waals surface area (Å²) in [6.45, 7) is -2.41. The predicted octanol–water partition coefficient (Wildman–Crippen LogP) is 3.58. The van der Waals surface area contributed by atoms with Gasteiger partial charge in [0.15, 0.2) is 0 Å². The van der Waals surface area contributed by atoms with Gasteiger partial charge in [0.2, 0.25) is 17.7 Å². The molecule has 1 unspecified atom stereocenters. The van der Waals surface area contributed by atoms with E-state index < -0.39 is 24.6 Å². The van der Waals surface area contributed by atoms with E-state index in [1.165, 1.54) is 22.1 Å². The van der Waals surface area contributed by atoms with Crippen LogP contribution < -0.4 is 20.7 Å². The number of aromatic nitrogens is 5. The molecule has 0 aromatic carbocycles. The molecule has 11 nitrogen and oxygen atoms in total. The van der Waals surface area contributed by atoms with Crippen LogP contribution in [0.4, 0.5) is 29.9 Å². The molecule has 0 aliphatic heterocycles. The topological polar surface area (TPSA) is 128 Å². The Morgan fingerprint density at radius 3 is 2.79 bits per heavy atom. The Morgan fingerprint density at radius 1 is 1.28 bits per heavy atom. The molecule has 2 saturated carbocycles. The third-order valence-corrected chi connectivity index (χ3v) is 8.48. The van der Waals surface area contributed by atoms with Crippen LogP contribution in [-0.2, 0) is 24.7 Å². The fourth-order valence-electron chi connectivity index (χ4n) is 4.84. The Kier molecular flexibility index (Phi) is 6.69. The molecule has 0 bridgehead atoms. The van der Waals surface area contributed by atoms with E-state index in [9.17, 15) is 22.8 Å². The number of hydrogen-bond acceptors (Lipinski definition) is 8. The van der Waals surface area contributed by atoms with Gasteiger partial charge in [-0.15, -0.1) is 26.6 Å². The van der Waals surface area contributed by atoms with Crippen molar-refractivity contribution >= 4 is 39.9 Å². The van der Waals surface area contributed by atoms with Crippen molar-refractivity contribution in [2.75, 3.05) is 17.2 Å².